The summed E-state index contributed by atoms with van der Waals surface area (Å²) in [6.45, 7) is 0. The molecule has 0 aliphatic carbocycles. The lowest BCUT2D eigenvalue weighted by molar-refractivity contribution is -0.253. The Bertz CT molecular complexity index is 584. The molecule has 0 fully saturated rings. The van der Waals surface area contributed by atoms with E-state index >= 15 is 0 Å². The molecule has 0 atom stereocenters. The molecule has 0 amide bonds. The third kappa shape index (κ3) is 3.50. The van der Waals surface area contributed by atoms with E-state index in [-0.39, 0.29) is 5.75 Å². The van der Waals surface area contributed by atoms with E-state index in [1.54, 1.807) is 30.3 Å². The second kappa shape index (κ2) is 5.83. The third-order valence-corrected chi connectivity index (χ3v) is 3.05. The Hall–Kier alpha value is -1.56. The van der Waals surface area contributed by atoms with Gasteiger partial charge < -0.3 is 4.74 Å². The zero-order valence-corrected chi connectivity index (χ0v) is 11.6. The van der Waals surface area contributed by atoms with E-state index in [4.69, 9.17) is 0 Å². The highest BCUT2D eigenvalue weighted by atomic mass is 79.9. The molecule has 0 radical (unpaired) electrons. The molecule has 0 aromatic heterocycles. The fourth-order valence-electron chi connectivity index (χ4n) is 1.58. The molecule has 106 valence electrons. The number of hydrogen-bond acceptors (Lipinski definition) is 1. The molecule has 0 aliphatic heterocycles. The summed E-state index contributed by atoms with van der Waals surface area (Å²) in [7, 11) is 0. The first kappa shape index (κ1) is 14.8. The van der Waals surface area contributed by atoms with Gasteiger partial charge in [0.25, 0.3) is 0 Å². The standard InChI is InChI=1S/C14H9BrF4O/c15-11-6-4-9(5-7-11)10-2-1-3-12(8-10)20-14(18,19)13(16)17/h1-8,13H. The fourth-order valence-corrected chi connectivity index (χ4v) is 1.85. The molecule has 0 unspecified atom stereocenters. The first-order chi connectivity index (χ1) is 9.38. The maximum atomic E-state index is 12.8. The van der Waals surface area contributed by atoms with Crippen LogP contribution in [0.1, 0.15) is 0 Å². The first-order valence-corrected chi connectivity index (χ1v) is 6.39. The minimum atomic E-state index is -4.50. The van der Waals surface area contributed by atoms with Gasteiger partial charge in [0, 0.05) is 4.47 Å². The van der Waals surface area contributed by atoms with Crippen molar-refractivity contribution in [2.45, 2.75) is 12.5 Å². The number of ether oxygens (including phenoxy) is 1. The average molecular weight is 349 g/mol. The van der Waals surface area contributed by atoms with Crippen molar-refractivity contribution in [3.05, 3.63) is 53.0 Å². The van der Waals surface area contributed by atoms with Crippen molar-refractivity contribution in [2.24, 2.45) is 0 Å². The van der Waals surface area contributed by atoms with Crippen molar-refractivity contribution in [3.63, 3.8) is 0 Å². The summed E-state index contributed by atoms with van der Waals surface area (Å²) in [5.74, 6) is -0.310. The fraction of sp³-hybridized carbons (Fsp3) is 0.143. The van der Waals surface area contributed by atoms with Crippen LogP contribution in [0.15, 0.2) is 53.0 Å². The van der Waals surface area contributed by atoms with Crippen molar-refractivity contribution < 1.29 is 22.3 Å². The van der Waals surface area contributed by atoms with E-state index in [0.29, 0.717) is 5.56 Å². The Morgan fingerprint density at radius 1 is 0.950 bits per heavy atom. The maximum Gasteiger partial charge on any atom is 0.461 e. The van der Waals surface area contributed by atoms with Gasteiger partial charge in [0.05, 0.1) is 0 Å². The summed E-state index contributed by atoms with van der Waals surface area (Å²) >= 11 is 3.28. The highest BCUT2D eigenvalue weighted by Gasteiger charge is 2.43. The quantitative estimate of drug-likeness (QED) is 0.676. The molecule has 2 aromatic rings. The minimum absolute atomic E-state index is 0.310. The summed E-state index contributed by atoms with van der Waals surface area (Å²) in [5, 5.41) is 0. The van der Waals surface area contributed by atoms with Crippen LogP contribution < -0.4 is 4.74 Å². The number of alkyl halides is 4. The van der Waals surface area contributed by atoms with Crippen LogP contribution in [0.25, 0.3) is 11.1 Å². The molecule has 0 aliphatic rings. The lowest BCUT2D eigenvalue weighted by atomic mass is 10.1. The van der Waals surface area contributed by atoms with Gasteiger partial charge >= 0.3 is 12.5 Å². The van der Waals surface area contributed by atoms with Crippen LogP contribution in [-0.4, -0.2) is 12.5 Å². The Morgan fingerprint density at radius 3 is 2.20 bits per heavy atom. The van der Waals surface area contributed by atoms with Gasteiger partial charge in [-0.2, -0.15) is 17.6 Å². The predicted octanol–water partition coefficient (Wildman–Crippen LogP) is 5.35. The van der Waals surface area contributed by atoms with Crippen molar-refractivity contribution in [2.75, 3.05) is 0 Å². The minimum Gasteiger partial charge on any atom is -0.428 e. The van der Waals surface area contributed by atoms with E-state index in [9.17, 15) is 17.6 Å². The molecule has 2 rings (SSSR count). The van der Waals surface area contributed by atoms with E-state index in [2.05, 4.69) is 20.7 Å². The average Bonchev–Trinajstić information content (AvgIpc) is 2.39. The smallest absolute Gasteiger partial charge is 0.428 e. The van der Waals surface area contributed by atoms with Gasteiger partial charge in [-0.05, 0) is 35.4 Å². The number of hydrogen-bond donors (Lipinski definition) is 0. The molecule has 0 saturated carbocycles. The van der Waals surface area contributed by atoms with Crippen molar-refractivity contribution >= 4 is 15.9 Å². The lowest BCUT2D eigenvalue weighted by Crippen LogP contribution is -2.33. The van der Waals surface area contributed by atoms with Crippen molar-refractivity contribution in [1.29, 1.82) is 0 Å². The van der Waals surface area contributed by atoms with Gasteiger partial charge in [-0.1, -0.05) is 40.2 Å². The monoisotopic (exact) mass is 348 g/mol. The Balaban J connectivity index is 2.26. The van der Waals surface area contributed by atoms with Crippen molar-refractivity contribution in [3.8, 4) is 16.9 Å². The van der Waals surface area contributed by atoms with Crippen molar-refractivity contribution in [1.82, 2.24) is 0 Å². The second-order valence-corrected chi connectivity index (χ2v) is 4.91. The van der Waals surface area contributed by atoms with Gasteiger partial charge in [0.1, 0.15) is 5.75 Å². The Kier molecular flexibility index (Phi) is 4.32. The zero-order chi connectivity index (χ0) is 14.8. The molecule has 0 heterocycles. The Morgan fingerprint density at radius 2 is 1.60 bits per heavy atom. The maximum absolute atomic E-state index is 12.8. The van der Waals surface area contributed by atoms with E-state index in [1.807, 2.05) is 0 Å². The van der Waals surface area contributed by atoms with Gasteiger partial charge in [-0.15, -0.1) is 0 Å². The third-order valence-electron chi connectivity index (χ3n) is 2.52. The predicted molar refractivity (Wildman–Crippen MR) is 71.2 cm³/mol. The lowest BCUT2D eigenvalue weighted by Gasteiger charge is -2.17. The van der Waals surface area contributed by atoms with Gasteiger partial charge in [-0.25, -0.2) is 0 Å². The Labute approximate surface area is 121 Å². The number of halogens is 5. The molecule has 6 heteroatoms. The summed E-state index contributed by atoms with van der Waals surface area (Å²) in [6, 6.07) is 12.8. The molecular weight excluding hydrogens is 340 g/mol. The molecule has 1 nitrogen and oxygen atoms in total. The van der Waals surface area contributed by atoms with Crippen LogP contribution in [0.5, 0.6) is 5.75 Å². The van der Waals surface area contributed by atoms with Gasteiger partial charge in [-0.3, -0.25) is 0 Å². The molecular formula is C14H9BrF4O. The summed E-state index contributed by atoms with van der Waals surface area (Å²) in [6.07, 6.45) is -8.38. The highest BCUT2D eigenvalue weighted by Crippen LogP contribution is 2.30. The molecule has 0 bridgehead atoms. The molecule has 2 aromatic carbocycles. The van der Waals surface area contributed by atoms with Crippen LogP contribution in [0.4, 0.5) is 17.6 Å². The number of benzene rings is 2. The molecule has 0 saturated heterocycles. The summed E-state index contributed by atoms with van der Waals surface area (Å²) < 4.78 is 54.8. The van der Waals surface area contributed by atoms with Crippen LogP contribution in [0.2, 0.25) is 0 Å². The van der Waals surface area contributed by atoms with E-state index < -0.39 is 12.5 Å². The largest absolute Gasteiger partial charge is 0.461 e. The summed E-state index contributed by atoms with van der Waals surface area (Å²) in [5.41, 5.74) is 1.36. The van der Waals surface area contributed by atoms with Gasteiger partial charge in [0.15, 0.2) is 0 Å². The second-order valence-electron chi connectivity index (χ2n) is 4.00. The highest BCUT2D eigenvalue weighted by molar-refractivity contribution is 9.10. The first-order valence-electron chi connectivity index (χ1n) is 5.59. The topological polar surface area (TPSA) is 9.23 Å². The van der Waals surface area contributed by atoms with Crippen LogP contribution >= 0.6 is 15.9 Å². The molecule has 20 heavy (non-hydrogen) atoms. The zero-order valence-electron chi connectivity index (χ0n) is 9.99. The van der Waals surface area contributed by atoms with Crippen LogP contribution in [0.3, 0.4) is 0 Å². The molecule has 0 spiro atoms. The van der Waals surface area contributed by atoms with E-state index in [0.717, 1.165) is 10.0 Å². The summed E-state index contributed by atoms with van der Waals surface area (Å²) in [4.78, 5) is 0. The SMILES string of the molecule is FC(F)C(F)(F)Oc1cccc(-c2ccc(Br)cc2)c1. The van der Waals surface area contributed by atoms with Crippen LogP contribution in [0, 0.1) is 0 Å². The number of rotatable bonds is 4. The molecule has 0 N–H and O–H groups in total. The normalized spacial score (nSPS) is 11.7. The van der Waals surface area contributed by atoms with Gasteiger partial charge in [0.2, 0.25) is 0 Å². The van der Waals surface area contributed by atoms with E-state index in [1.165, 1.54) is 18.2 Å². The van der Waals surface area contributed by atoms with Crippen LogP contribution in [-0.2, 0) is 0 Å².